The van der Waals surface area contributed by atoms with Crippen molar-refractivity contribution in [1.29, 1.82) is 5.41 Å². The first-order chi connectivity index (χ1) is 10.9. The highest BCUT2D eigenvalue weighted by Gasteiger charge is 2.68. The van der Waals surface area contributed by atoms with Gasteiger partial charge in [0.05, 0.1) is 5.92 Å². The molecule has 1 heterocycles. The number of alkyl halides is 3. The summed E-state index contributed by atoms with van der Waals surface area (Å²) < 4.78 is 49.2. The predicted molar refractivity (Wildman–Crippen MR) is 77.9 cm³/mol. The Morgan fingerprint density at radius 2 is 1.96 bits per heavy atom. The molecule has 0 radical (unpaired) electrons. The molecule has 0 unspecified atom stereocenters. The molecule has 1 aromatic rings. The summed E-state index contributed by atoms with van der Waals surface area (Å²) in [5.74, 6) is -2.32. The van der Waals surface area contributed by atoms with Crippen molar-refractivity contribution in [3.05, 3.63) is 11.7 Å². The normalized spacial score (nSPS) is 18.1. The van der Waals surface area contributed by atoms with Gasteiger partial charge in [-0.2, -0.15) is 18.2 Å². The topological polar surface area (TPSA) is 89.1 Å². The monoisotopic (exact) mass is 347 g/mol. The summed E-state index contributed by atoms with van der Waals surface area (Å²) in [5, 5.41) is 11.5. The molecule has 1 fully saturated rings. The number of hydrogen-bond donors (Lipinski definition) is 1. The van der Waals surface area contributed by atoms with Gasteiger partial charge in [-0.25, -0.2) is 4.79 Å². The number of nitrogens with one attached hydrogen (secondary N) is 1. The highest BCUT2D eigenvalue weighted by molar-refractivity contribution is 6.37. The van der Waals surface area contributed by atoms with Crippen LogP contribution >= 0.6 is 0 Å². The van der Waals surface area contributed by atoms with E-state index in [1.165, 1.54) is 0 Å². The third kappa shape index (κ3) is 3.44. The number of nitrogens with zero attached hydrogens (tertiary/aromatic N) is 2. The maximum atomic E-state index is 13.1. The lowest BCUT2D eigenvalue weighted by Gasteiger charge is -2.21. The predicted octanol–water partition coefficient (Wildman–Crippen LogP) is 3.52. The first kappa shape index (κ1) is 18.4. The quantitative estimate of drug-likeness (QED) is 0.650. The largest absolute Gasteiger partial charge is 0.455 e. The van der Waals surface area contributed by atoms with E-state index >= 15 is 0 Å². The minimum absolute atomic E-state index is 0.0983. The molecule has 24 heavy (non-hydrogen) atoms. The van der Waals surface area contributed by atoms with Crippen molar-refractivity contribution in [2.45, 2.75) is 70.1 Å². The molecule has 1 aliphatic rings. The lowest BCUT2D eigenvalue weighted by molar-refractivity contribution is -0.166. The zero-order valence-electron chi connectivity index (χ0n) is 14.0. The van der Waals surface area contributed by atoms with Crippen LogP contribution in [-0.4, -0.2) is 33.6 Å². The molecule has 1 aromatic heterocycles. The van der Waals surface area contributed by atoms with Crippen LogP contribution in [0.3, 0.4) is 0 Å². The molecule has 0 aliphatic heterocycles. The smallest absolute Gasteiger partial charge is 0.403 e. The van der Waals surface area contributed by atoms with Gasteiger partial charge < -0.3 is 9.26 Å². The van der Waals surface area contributed by atoms with Gasteiger partial charge in [0.15, 0.2) is 5.82 Å². The van der Waals surface area contributed by atoms with E-state index in [9.17, 15) is 18.0 Å². The van der Waals surface area contributed by atoms with Crippen molar-refractivity contribution >= 4 is 11.7 Å². The molecule has 1 atom stereocenters. The molecule has 134 valence electrons. The Morgan fingerprint density at radius 1 is 1.38 bits per heavy atom. The molecular formula is C15H20F3N3O3. The van der Waals surface area contributed by atoms with Crippen LogP contribution in [0.5, 0.6) is 0 Å². The molecule has 1 N–H and O–H groups in total. The number of ether oxygens (including phenoxy) is 1. The third-order valence-corrected chi connectivity index (χ3v) is 3.83. The number of carbonyl (C=O) groups is 1. The van der Waals surface area contributed by atoms with Gasteiger partial charge in [0.25, 0.3) is 0 Å². The van der Waals surface area contributed by atoms with E-state index in [1.807, 2.05) is 0 Å². The first-order valence-corrected chi connectivity index (χ1v) is 7.64. The molecule has 0 amide bonds. The minimum atomic E-state index is -4.46. The van der Waals surface area contributed by atoms with Gasteiger partial charge in [-0.05, 0) is 40.0 Å². The minimum Gasteiger partial charge on any atom is -0.455 e. The number of aromatic nitrogens is 2. The number of hydrogen-bond acceptors (Lipinski definition) is 6. The van der Waals surface area contributed by atoms with Crippen molar-refractivity contribution in [1.82, 2.24) is 10.1 Å². The fourth-order valence-electron chi connectivity index (χ4n) is 2.31. The van der Waals surface area contributed by atoms with Crippen molar-refractivity contribution in [3.63, 3.8) is 0 Å². The standard InChI is InChI=1S/C15H20F3N3O3/c1-5-8(9(19)11(22)23-13(2,3)4)10-20-12(24-21-10)14(6-7-14)15(16,17)18/h8,19H,5-7H2,1-4H3/t8-/m0/s1. The van der Waals surface area contributed by atoms with Crippen LogP contribution in [0.4, 0.5) is 13.2 Å². The average Bonchev–Trinajstić information content (AvgIpc) is 3.11. The molecule has 1 saturated carbocycles. The van der Waals surface area contributed by atoms with E-state index in [0.29, 0.717) is 0 Å². The van der Waals surface area contributed by atoms with Crippen molar-refractivity contribution in [2.24, 2.45) is 0 Å². The molecule has 9 heteroatoms. The second-order valence-electron chi connectivity index (χ2n) is 6.91. The molecule has 0 bridgehead atoms. The first-order valence-electron chi connectivity index (χ1n) is 7.64. The van der Waals surface area contributed by atoms with E-state index in [-0.39, 0.29) is 25.1 Å². The zero-order chi connectivity index (χ0) is 18.3. The van der Waals surface area contributed by atoms with Crippen molar-refractivity contribution < 1.29 is 27.2 Å². The van der Waals surface area contributed by atoms with Crippen LogP contribution in [0.2, 0.25) is 0 Å². The van der Waals surface area contributed by atoms with Gasteiger partial charge in [0.2, 0.25) is 5.89 Å². The van der Waals surface area contributed by atoms with Crippen molar-refractivity contribution in [3.8, 4) is 0 Å². The summed E-state index contributed by atoms with van der Waals surface area (Å²) >= 11 is 0. The van der Waals surface area contributed by atoms with Gasteiger partial charge in [-0.3, -0.25) is 5.41 Å². The van der Waals surface area contributed by atoms with Gasteiger partial charge in [-0.1, -0.05) is 12.1 Å². The van der Waals surface area contributed by atoms with Crippen LogP contribution in [0.15, 0.2) is 4.52 Å². The molecule has 1 aliphatic carbocycles. The zero-order valence-corrected chi connectivity index (χ0v) is 14.0. The maximum Gasteiger partial charge on any atom is 0.403 e. The number of esters is 1. The number of carbonyl (C=O) groups excluding carboxylic acids is 1. The summed E-state index contributed by atoms with van der Waals surface area (Å²) in [6.45, 7) is 6.65. The van der Waals surface area contributed by atoms with Crippen LogP contribution in [0.1, 0.15) is 64.6 Å². The molecule has 0 saturated heterocycles. The average molecular weight is 347 g/mol. The van der Waals surface area contributed by atoms with Crippen LogP contribution < -0.4 is 0 Å². The van der Waals surface area contributed by atoms with Crippen LogP contribution in [0, 0.1) is 5.41 Å². The summed E-state index contributed by atoms with van der Waals surface area (Å²) in [4.78, 5) is 15.8. The van der Waals surface area contributed by atoms with Crippen molar-refractivity contribution in [2.75, 3.05) is 0 Å². The number of halogens is 3. The Labute approximate surface area is 137 Å². The third-order valence-electron chi connectivity index (χ3n) is 3.83. The van der Waals surface area contributed by atoms with Gasteiger partial charge in [0.1, 0.15) is 16.7 Å². The SMILES string of the molecule is CC[C@@H](C(=N)C(=O)OC(C)(C)C)c1noc(C2(C(F)(F)F)CC2)n1. The van der Waals surface area contributed by atoms with E-state index in [4.69, 9.17) is 14.7 Å². The fraction of sp³-hybridized carbons (Fsp3) is 0.733. The lowest BCUT2D eigenvalue weighted by Crippen LogP contribution is -2.32. The molecular weight excluding hydrogens is 327 g/mol. The Hall–Kier alpha value is -1.93. The molecule has 6 nitrogen and oxygen atoms in total. The van der Waals surface area contributed by atoms with Gasteiger partial charge in [0, 0.05) is 0 Å². The molecule has 0 aromatic carbocycles. The summed E-state index contributed by atoms with van der Waals surface area (Å²) in [7, 11) is 0. The lowest BCUT2D eigenvalue weighted by atomic mass is 9.99. The molecule has 2 rings (SSSR count). The Kier molecular flexibility index (Phi) is 4.49. The summed E-state index contributed by atoms with van der Waals surface area (Å²) in [6.07, 6.45) is -4.40. The Morgan fingerprint density at radius 3 is 2.38 bits per heavy atom. The van der Waals surface area contributed by atoms with Crippen LogP contribution in [-0.2, 0) is 14.9 Å². The highest BCUT2D eigenvalue weighted by Crippen LogP contribution is 2.58. The van der Waals surface area contributed by atoms with E-state index < -0.39 is 40.7 Å². The van der Waals surface area contributed by atoms with Gasteiger partial charge in [-0.15, -0.1) is 0 Å². The maximum absolute atomic E-state index is 13.1. The highest BCUT2D eigenvalue weighted by atomic mass is 19.4. The Balaban J connectivity index is 2.21. The van der Waals surface area contributed by atoms with Crippen LogP contribution in [0.25, 0.3) is 0 Å². The van der Waals surface area contributed by atoms with E-state index in [2.05, 4.69) is 10.1 Å². The summed E-state index contributed by atoms with van der Waals surface area (Å²) in [5.41, 5.74) is -3.26. The fourth-order valence-corrected chi connectivity index (χ4v) is 2.31. The summed E-state index contributed by atoms with van der Waals surface area (Å²) in [6, 6.07) is 0. The van der Waals surface area contributed by atoms with Gasteiger partial charge >= 0.3 is 12.1 Å². The number of rotatable bonds is 5. The second kappa shape index (κ2) is 5.86. The molecule has 0 spiro atoms. The second-order valence-corrected chi connectivity index (χ2v) is 6.91. The Bertz CT molecular complexity index is 642. The van der Waals surface area contributed by atoms with E-state index in [1.54, 1.807) is 27.7 Å². The van der Waals surface area contributed by atoms with E-state index in [0.717, 1.165) is 0 Å².